The van der Waals surface area contributed by atoms with Gasteiger partial charge in [-0.1, -0.05) is 32.0 Å². The summed E-state index contributed by atoms with van der Waals surface area (Å²) in [6.07, 6.45) is 2.00. The molecule has 0 unspecified atom stereocenters. The molecule has 0 fully saturated rings. The van der Waals surface area contributed by atoms with E-state index in [0.717, 1.165) is 27.8 Å². The smallest absolute Gasteiger partial charge is 0.251 e. The maximum atomic E-state index is 13.0. The van der Waals surface area contributed by atoms with Gasteiger partial charge in [-0.3, -0.25) is 4.79 Å². The Bertz CT molecular complexity index is 1140. The lowest BCUT2D eigenvalue weighted by atomic mass is 10.0. The second kappa shape index (κ2) is 6.58. The van der Waals surface area contributed by atoms with Gasteiger partial charge < -0.3 is 14.5 Å². The molecule has 0 saturated heterocycles. The fourth-order valence-electron chi connectivity index (χ4n) is 3.60. The normalized spacial score (nSPS) is 12.8. The molecule has 138 valence electrons. The van der Waals surface area contributed by atoms with Gasteiger partial charge >= 0.3 is 0 Å². The van der Waals surface area contributed by atoms with Crippen molar-refractivity contribution in [2.45, 2.75) is 19.9 Å². The van der Waals surface area contributed by atoms with Crippen molar-refractivity contribution in [3.8, 4) is 0 Å². The van der Waals surface area contributed by atoms with Gasteiger partial charge in [0.25, 0.3) is 5.91 Å². The van der Waals surface area contributed by atoms with E-state index in [9.17, 15) is 4.79 Å². The zero-order valence-corrected chi connectivity index (χ0v) is 16.1. The first-order valence-electron chi connectivity index (χ1n) is 9.23. The third kappa shape index (κ3) is 2.99. The molecule has 2 aromatic heterocycles. The summed E-state index contributed by atoms with van der Waals surface area (Å²) in [6, 6.07) is 15.7. The minimum atomic E-state index is -0.168. The summed E-state index contributed by atoms with van der Waals surface area (Å²) in [7, 11) is 3.99. The van der Waals surface area contributed by atoms with Gasteiger partial charge in [0.2, 0.25) is 0 Å². The van der Waals surface area contributed by atoms with Crippen LogP contribution in [0.5, 0.6) is 0 Å². The largest absolute Gasteiger partial charge is 0.351 e. The number of carbonyl (C=O) groups excluding carboxylic acids is 1. The van der Waals surface area contributed by atoms with Gasteiger partial charge in [-0.15, -0.1) is 0 Å². The highest BCUT2D eigenvalue weighted by Crippen LogP contribution is 2.25. The fourth-order valence-corrected chi connectivity index (χ4v) is 3.60. The van der Waals surface area contributed by atoms with Crippen LogP contribution in [0.3, 0.4) is 0 Å². The number of nitrogens with zero attached hydrogens (tertiary/aromatic N) is 3. The van der Waals surface area contributed by atoms with E-state index in [-0.39, 0.29) is 17.9 Å². The molecule has 1 amide bonds. The van der Waals surface area contributed by atoms with Crippen LogP contribution in [0.15, 0.2) is 54.7 Å². The van der Waals surface area contributed by atoms with Crippen LogP contribution in [-0.4, -0.2) is 20.0 Å². The quantitative estimate of drug-likeness (QED) is 0.593. The predicted octanol–water partition coefficient (Wildman–Crippen LogP) is 4.19. The molecule has 4 rings (SSSR count). The molecule has 5 heteroatoms. The Morgan fingerprint density at radius 1 is 1.04 bits per heavy atom. The van der Waals surface area contributed by atoms with Crippen molar-refractivity contribution in [1.29, 1.82) is 0 Å². The molecule has 0 aliphatic rings. The van der Waals surface area contributed by atoms with Gasteiger partial charge in [-0.05, 0) is 41.6 Å². The number of imidazole rings is 1. The number of hydrogen-bond acceptors (Lipinski definition) is 2. The van der Waals surface area contributed by atoms with Gasteiger partial charge in [0.15, 0.2) is 0 Å². The molecule has 2 heterocycles. The van der Waals surface area contributed by atoms with E-state index >= 15 is 0 Å². The van der Waals surface area contributed by atoms with E-state index < -0.39 is 0 Å². The van der Waals surface area contributed by atoms with Crippen LogP contribution < -0.4 is 5.32 Å². The van der Waals surface area contributed by atoms with Crippen LogP contribution in [0, 0.1) is 5.92 Å². The van der Waals surface area contributed by atoms with Crippen molar-refractivity contribution < 1.29 is 4.79 Å². The van der Waals surface area contributed by atoms with Crippen molar-refractivity contribution >= 4 is 27.8 Å². The molecule has 5 nitrogen and oxygen atoms in total. The average molecular weight is 360 g/mol. The van der Waals surface area contributed by atoms with Crippen LogP contribution in [0.2, 0.25) is 0 Å². The maximum absolute atomic E-state index is 13.0. The zero-order chi connectivity index (χ0) is 19.1. The van der Waals surface area contributed by atoms with E-state index in [2.05, 4.69) is 23.7 Å². The van der Waals surface area contributed by atoms with Gasteiger partial charge in [0.05, 0.1) is 17.1 Å². The van der Waals surface area contributed by atoms with Crippen molar-refractivity contribution in [3.63, 3.8) is 0 Å². The number of fused-ring (bicyclic) bond motifs is 2. The highest BCUT2D eigenvalue weighted by atomic mass is 16.1. The van der Waals surface area contributed by atoms with E-state index in [1.54, 1.807) is 0 Å². The van der Waals surface area contributed by atoms with Gasteiger partial charge in [-0.25, -0.2) is 4.98 Å². The second-order valence-electron chi connectivity index (χ2n) is 7.41. The molecule has 27 heavy (non-hydrogen) atoms. The minimum Gasteiger partial charge on any atom is -0.351 e. The average Bonchev–Trinajstić information content (AvgIpc) is 3.20. The summed E-state index contributed by atoms with van der Waals surface area (Å²) < 4.78 is 4.10. The summed E-state index contributed by atoms with van der Waals surface area (Å²) in [4.78, 5) is 17.8. The lowest BCUT2D eigenvalue weighted by Gasteiger charge is -2.22. The summed E-state index contributed by atoms with van der Waals surface area (Å²) in [5.74, 6) is 1.01. The number of amides is 1. The minimum absolute atomic E-state index is 0.0798. The lowest BCUT2D eigenvalue weighted by molar-refractivity contribution is 0.0922. The fraction of sp³-hybridized carbons (Fsp3) is 0.273. The standard InChI is InChI=1S/C22H24N4O/c1-14(2)20(21-23-17-7-5-6-8-18(17)26(21)4)24-22(27)16-10-9-15-11-12-25(3)19(15)13-16/h5-14,20H,1-4H3,(H,24,27)/t20-/m1/s1. The third-order valence-electron chi connectivity index (χ3n) is 5.20. The first-order chi connectivity index (χ1) is 13.0. The number of rotatable bonds is 4. The molecule has 2 aromatic carbocycles. The topological polar surface area (TPSA) is 51.9 Å². The lowest BCUT2D eigenvalue weighted by Crippen LogP contribution is -2.33. The van der Waals surface area contributed by atoms with Gasteiger partial charge in [-0.2, -0.15) is 0 Å². The van der Waals surface area contributed by atoms with Crippen molar-refractivity contribution in [1.82, 2.24) is 19.4 Å². The first-order valence-corrected chi connectivity index (χ1v) is 9.23. The van der Waals surface area contributed by atoms with Gasteiger partial charge in [0.1, 0.15) is 5.82 Å². The number of para-hydroxylation sites is 2. The number of benzene rings is 2. The molecule has 0 saturated carbocycles. The van der Waals surface area contributed by atoms with E-state index in [1.165, 1.54) is 0 Å². The van der Waals surface area contributed by atoms with Gasteiger partial charge in [0, 0.05) is 31.4 Å². The number of hydrogen-bond donors (Lipinski definition) is 1. The summed E-state index contributed by atoms with van der Waals surface area (Å²) in [5.41, 5.74) is 3.72. The highest BCUT2D eigenvalue weighted by molar-refractivity contribution is 5.98. The monoisotopic (exact) mass is 360 g/mol. The van der Waals surface area contributed by atoms with Crippen LogP contribution in [0.1, 0.15) is 36.1 Å². The second-order valence-corrected chi connectivity index (χ2v) is 7.41. The molecule has 4 aromatic rings. The number of aromatic nitrogens is 3. The van der Waals surface area contributed by atoms with Crippen molar-refractivity contribution in [2.24, 2.45) is 20.0 Å². The molecule has 1 atom stereocenters. The number of nitrogens with one attached hydrogen (secondary N) is 1. The molecular formula is C22H24N4O. The predicted molar refractivity (Wildman–Crippen MR) is 109 cm³/mol. The van der Waals surface area contributed by atoms with Crippen molar-refractivity contribution in [3.05, 3.63) is 66.1 Å². The van der Waals surface area contributed by atoms with Crippen LogP contribution in [-0.2, 0) is 14.1 Å². The molecule has 0 spiro atoms. The summed E-state index contributed by atoms with van der Waals surface area (Å²) in [6.45, 7) is 4.20. The third-order valence-corrected chi connectivity index (χ3v) is 5.20. The van der Waals surface area contributed by atoms with Crippen LogP contribution >= 0.6 is 0 Å². The van der Waals surface area contributed by atoms with E-state index in [4.69, 9.17) is 4.98 Å². The van der Waals surface area contributed by atoms with Crippen LogP contribution in [0.4, 0.5) is 0 Å². The summed E-state index contributed by atoms with van der Waals surface area (Å²) in [5, 5.41) is 4.33. The maximum Gasteiger partial charge on any atom is 0.251 e. The van der Waals surface area contributed by atoms with Crippen LogP contribution in [0.25, 0.3) is 21.9 Å². The first kappa shape index (κ1) is 17.3. The molecule has 0 aliphatic carbocycles. The molecule has 0 bridgehead atoms. The Labute approximate surface area is 158 Å². The Morgan fingerprint density at radius 3 is 2.56 bits per heavy atom. The zero-order valence-electron chi connectivity index (χ0n) is 16.1. The SMILES string of the molecule is CC(C)[C@@H](NC(=O)c1ccc2ccn(C)c2c1)c1nc2ccccc2n1C. The highest BCUT2D eigenvalue weighted by Gasteiger charge is 2.24. The number of aryl methyl sites for hydroxylation is 2. The molecular weight excluding hydrogens is 336 g/mol. The Balaban J connectivity index is 1.68. The molecule has 0 radical (unpaired) electrons. The Morgan fingerprint density at radius 2 is 1.81 bits per heavy atom. The molecule has 1 N–H and O–H groups in total. The number of carbonyl (C=O) groups is 1. The van der Waals surface area contributed by atoms with E-state index in [0.29, 0.717) is 5.56 Å². The van der Waals surface area contributed by atoms with E-state index in [1.807, 2.05) is 73.4 Å². The Kier molecular flexibility index (Phi) is 4.22. The molecule has 0 aliphatic heterocycles. The van der Waals surface area contributed by atoms with Crippen molar-refractivity contribution in [2.75, 3.05) is 0 Å². The Hall–Kier alpha value is -3.08. The summed E-state index contributed by atoms with van der Waals surface area (Å²) >= 11 is 0.